The molecule has 0 aromatic rings. The van der Waals surface area contributed by atoms with Gasteiger partial charge in [-0.05, 0) is 23.3 Å². The fraction of sp³-hybridized carbons (Fsp3) is 0.125. The van der Waals surface area contributed by atoms with Crippen LogP contribution in [0.4, 0.5) is 0 Å². The highest BCUT2D eigenvalue weighted by Crippen LogP contribution is 2.55. The molecule has 4 aliphatic rings. The molecule has 4 aliphatic carbocycles. The second kappa shape index (κ2) is 4.72. The van der Waals surface area contributed by atoms with Crippen LogP contribution in [0.2, 0.25) is 0 Å². The summed E-state index contributed by atoms with van der Waals surface area (Å²) in [5.41, 5.74) is 2.26. The summed E-state index contributed by atoms with van der Waals surface area (Å²) in [4.78, 5) is 24.6. The number of carbonyl (C=O) groups excluding carboxylic acids is 2. The van der Waals surface area contributed by atoms with Gasteiger partial charge < -0.3 is 0 Å². The molecule has 0 amide bonds. The van der Waals surface area contributed by atoms with Gasteiger partial charge in [-0.1, -0.05) is 46.4 Å². The van der Waals surface area contributed by atoms with E-state index in [9.17, 15) is 9.59 Å². The van der Waals surface area contributed by atoms with Crippen molar-refractivity contribution < 1.29 is 9.59 Å². The van der Waals surface area contributed by atoms with E-state index in [1.54, 1.807) is 12.2 Å². The largest absolute Gasteiger partial charge is 0.290 e. The Labute approximate surface area is 146 Å². The zero-order valence-electron chi connectivity index (χ0n) is 10.8. The van der Waals surface area contributed by atoms with Gasteiger partial charge in [-0.3, -0.25) is 9.59 Å². The van der Waals surface area contributed by atoms with Crippen molar-refractivity contribution in [2.45, 2.75) is 0 Å². The molecule has 110 valence electrons. The van der Waals surface area contributed by atoms with Crippen molar-refractivity contribution in [3.63, 3.8) is 0 Å². The van der Waals surface area contributed by atoms with Gasteiger partial charge in [0.1, 0.15) is 0 Å². The van der Waals surface area contributed by atoms with Crippen molar-refractivity contribution >= 4 is 58.0 Å². The lowest BCUT2D eigenvalue weighted by molar-refractivity contribution is -0.113. The molecule has 0 saturated carbocycles. The topological polar surface area (TPSA) is 34.1 Å². The molecule has 0 saturated heterocycles. The second-order valence-electron chi connectivity index (χ2n) is 5.39. The third-order valence-electron chi connectivity index (χ3n) is 4.30. The monoisotopic (exact) mass is 370 g/mol. The second-order valence-corrected chi connectivity index (χ2v) is 7.02. The van der Waals surface area contributed by atoms with Crippen LogP contribution in [-0.2, 0) is 9.59 Å². The lowest BCUT2D eigenvalue weighted by Crippen LogP contribution is -2.37. The molecule has 0 spiro atoms. The quantitative estimate of drug-likeness (QED) is 0.628. The van der Waals surface area contributed by atoms with Crippen LogP contribution in [0.5, 0.6) is 0 Å². The molecule has 0 bridgehead atoms. The van der Waals surface area contributed by atoms with E-state index < -0.39 is 11.8 Å². The maximum Gasteiger partial charge on any atom is 0.185 e. The average Bonchev–Trinajstić information content (AvgIpc) is 2.43. The van der Waals surface area contributed by atoms with Crippen molar-refractivity contribution in [3.05, 3.63) is 66.7 Å². The van der Waals surface area contributed by atoms with Crippen molar-refractivity contribution in [1.29, 1.82) is 0 Å². The fourth-order valence-electron chi connectivity index (χ4n) is 3.44. The zero-order chi connectivity index (χ0) is 15.8. The summed E-state index contributed by atoms with van der Waals surface area (Å²) in [6.45, 7) is 0. The minimum absolute atomic E-state index is 0.247. The van der Waals surface area contributed by atoms with Crippen molar-refractivity contribution in [2.24, 2.45) is 11.8 Å². The zero-order valence-corrected chi connectivity index (χ0v) is 13.8. The van der Waals surface area contributed by atoms with Crippen LogP contribution in [0, 0.1) is 11.8 Å². The first-order valence-corrected chi connectivity index (χ1v) is 7.97. The molecule has 0 fully saturated rings. The summed E-state index contributed by atoms with van der Waals surface area (Å²) >= 11 is 25.0. The molecule has 6 heteroatoms. The minimum Gasteiger partial charge on any atom is -0.290 e. The van der Waals surface area contributed by atoms with E-state index in [0.29, 0.717) is 42.4 Å². The number of allylic oxidation sites excluding steroid dienone is 12. The number of carbonyl (C=O) groups is 2. The molecule has 2 atom stereocenters. The summed E-state index contributed by atoms with van der Waals surface area (Å²) in [6.07, 6.45) is 5.94. The van der Waals surface area contributed by atoms with Gasteiger partial charge in [0, 0.05) is 55.3 Å². The van der Waals surface area contributed by atoms with Crippen LogP contribution in [-0.4, -0.2) is 11.6 Å². The van der Waals surface area contributed by atoms with Gasteiger partial charge in [-0.2, -0.15) is 0 Å². The molecule has 0 radical (unpaired) electrons. The Morgan fingerprint density at radius 1 is 0.636 bits per heavy atom. The highest BCUT2D eigenvalue weighted by Gasteiger charge is 2.48. The number of hydrogen-bond donors (Lipinski definition) is 0. The molecule has 4 rings (SSSR count). The third kappa shape index (κ3) is 1.75. The molecule has 0 N–H and O–H groups in total. The van der Waals surface area contributed by atoms with Crippen LogP contribution in [0.1, 0.15) is 0 Å². The summed E-state index contributed by atoms with van der Waals surface area (Å²) in [6, 6.07) is 0. The molecular formula is C16H6Cl4O2. The molecule has 0 heterocycles. The first-order valence-electron chi connectivity index (χ1n) is 6.46. The van der Waals surface area contributed by atoms with Crippen LogP contribution in [0.15, 0.2) is 66.7 Å². The molecule has 0 aromatic carbocycles. The first kappa shape index (κ1) is 14.5. The molecule has 22 heavy (non-hydrogen) atoms. The highest BCUT2D eigenvalue weighted by atomic mass is 35.5. The van der Waals surface area contributed by atoms with Crippen molar-refractivity contribution in [2.75, 3.05) is 0 Å². The number of ketones is 2. The van der Waals surface area contributed by atoms with Gasteiger partial charge in [0.2, 0.25) is 0 Å². The molecule has 0 aliphatic heterocycles. The van der Waals surface area contributed by atoms with E-state index in [4.69, 9.17) is 46.4 Å². The summed E-state index contributed by atoms with van der Waals surface area (Å²) < 4.78 is 0. The van der Waals surface area contributed by atoms with E-state index in [-0.39, 0.29) is 11.6 Å². The van der Waals surface area contributed by atoms with Gasteiger partial charge in [-0.25, -0.2) is 0 Å². The number of halogens is 4. The van der Waals surface area contributed by atoms with Gasteiger partial charge in [0.05, 0.1) is 0 Å². The predicted octanol–water partition coefficient (Wildman–Crippen LogP) is 4.50. The van der Waals surface area contributed by atoms with Crippen molar-refractivity contribution in [1.82, 2.24) is 0 Å². The Hall–Kier alpha value is -1.06. The predicted molar refractivity (Wildman–Crippen MR) is 86.8 cm³/mol. The van der Waals surface area contributed by atoms with Gasteiger partial charge in [-0.15, -0.1) is 0 Å². The van der Waals surface area contributed by atoms with Gasteiger partial charge in [0.25, 0.3) is 0 Å². The standard InChI is InChI=1S/C16H6Cl4O2/c17-7-3-12(22)16-10(20)2-6-8(18)4-11(21)15-9(19)1-5(7)13(16)14(6)15/h1-4,13-14H. The highest BCUT2D eigenvalue weighted by molar-refractivity contribution is 6.41. The van der Waals surface area contributed by atoms with Crippen LogP contribution in [0.3, 0.4) is 0 Å². The Balaban J connectivity index is 2.12. The summed E-state index contributed by atoms with van der Waals surface area (Å²) in [7, 11) is 0. The van der Waals surface area contributed by atoms with Gasteiger partial charge >= 0.3 is 0 Å². The summed E-state index contributed by atoms with van der Waals surface area (Å²) in [5, 5.41) is 1.29. The summed E-state index contributed by atoms with van der Waals surface area (Å²) in [5.74, 6) is -1.33. The van der Waals surface area contributed by atoms with Crippen LogP contribution >= 0.6 is 46.4 Å². The lowest BCUT2D eigenvalue weighted by atomic mass is 9.62. The molecule has 2 nitrogen and oxygen atoms in total. The lowest BCUT2D eigenvalue weighted by Gasteiger charge is -2.42. The van der Waals surface area contributed by atoms with E-state index in [1.165, 1.54) is 12.2 Å². The normalized spacial score (nSPS) is 29.8. The average molecular weight is 372 g/mol. The van der Waals surface area contributed by atoms with Gasteiger partial charge in [0.15, 0.2) is 11.6 Å². The first-order chi connectivity index (χ1) is 10.4. The number of hydrogen-bond acceptors (Lipinski definition) is 2. The Kier molecular flexibility index (Phi) is 3.11. The Bertz CT molecular complexity index is 793. The van der Waals surface area contributed by atoms with E-state index >= 15 is 0 Å². The molecule has 0 aromatic heterocycles. The fourth-order valence-corrected chi connectivity index (χ4v) is 4.64. The van der Waals surface area contributed by atoms with E-state index in [2.05, 4.69) is 0 Å². The Morgan fingerprint density at radius 2 is 1.00 bits per heavy atom. The third-order valence-corrected chi connectivity index (χ3v) is 5.58. The van der Waals surface area contributed by atoms with Crippen LogP contribution in [0.25, 0.3) is 0 Å². The van der Waals surface area contributed by atoms with E-state index in [1.807, 2.05) is 0 Å². The van der Waals surface area contributed by atoms with Crippen LogP contribution < -0.4 is 0 Å². The number of rotatable bonds is 0. The SMILES string of the molecule is O=C1C=C(Cl)C2=CC(Cl)=C3C(=O)C=C(Cl)C4=CC(Cl)=C1C2C43. The van der Waals surface area contributed by atoms with E-state index in [0.717, 1.165) is 0 Å². The maximum absolute atomic E-state index is 12.3. The smallest absolute Gasteiger partial charge is 0.185 e. The molecular weight excluding hydrogens is 366 g/mol. The molecule has 2 unspecified atom stereocenters. The van der Waals surface area contributed by atoms with Crippen molar-refractivity contribution in [3.8, 4) is 0 Å². The maximum atomic E-state index is 12.3. The Morgan fingerprint density at radius 3 is 1.36 bits per heavy atom. The minimum atomic E-state index is -0.415.